The molecule has 0 radical (unpaired) electrons. The van der Waals surface area contributed by atoms with E-state index in [1.165, 1.54) is 11.3 Å². The van der Waals surface area contributed by atoms with Crippen LogP contribution >= 0.6 is 0 Å². The molecule has 2 fully saturated rings. The van der Waals surface area contributed by atoms with Crippen molar-refractivity contribution in [1.82, 2.24) is 9.47 Å². The summed E-state index contributed by atoms with van der Waals surface area (Å²) in [6.07, 6.45) is 10.8. The van der Waals surface area contributed by atoms with Crippen molar-refractivity contribution in [2.24, 2.45) is 28.6 Å². The summed E-state index contributed by atoms with van der Waals surface area (Å²) in [7, 11) is 1.86. The Morgan fingerprint density at radius 3 is 2.50 bits per heavy atom. The topological polar surface area (TPSA) is 92.0 Å². The van der Waals surface area contributed by atoms with Crippen LogP contribution in [0.15, 0.2) is 36.4 Å². The molecule has 7 nitrogen and oxygen atoms in total. The minimum absolute atomic E-state index is 0.0394. The lowest BCUT2D eigenvalue weighted by atomic mass is 9.40. The first kappa shape index (κ1) is 36.0. The molecule has 9 atom stereocenters. The van der Waals surface area contributed by atoms with Gasteiger partial charge in [-0.1, -0.05) is 52.0 Å². The van der Waals surface area contributed by atoms with E-state index in [2.05, 4.69) is 84.8 Å². The maximum Gasteiger partial charge on any atom is 0.226 e. The summed E-state index contributed by atoms with van der Waals surface area (Å²) in [5.41, 5.74) is 5.88. The van der Waals surface area contributed by atoms with E-state index in [4.69, 9.17) is 4.74 Å². The molecule has 2 unspecified atom stereocenters. The fourth-order valence-electron chi connectivity index (χ4n) is 13.1. The molecule has 0 spiro atoms. The Morgan fingerprint density at radius 1 is 1.12 bits per heavy atom. The molecule has 7 heteroatoms. The summed E-state index contributed by atoms with van der Waals surface area (Å²) in [5, 5.41) is 25.1. The second kappa shape index (κ2) is 11.3. The Hall–Kier alpha value is -3.00. The van der Waals surface area contributed by atoms with Gasteiger partial charge in [0.05, 0.1) is 34.5 Å². The fourth-order valence-corrected chi connectivity index (χ4v) is 13.1. The van der Waals surface area contributed by atoms with Crippen LogP contribution in [0.1, 0.15) is 146 Å². The molecule has 1 aromatic heterocycles. The Balaban J connectivity index is 1.30. The van der Waals surface area contributed by atoms with Crippen molar-refractivity contribution in [3.63, 3.8) is 0 Å². The van der Waals surface area contributed by atoms with Crippen molar-refractivity contribution >= 4 is 28.2 Å². The monoisotopic (exact) mass is 708 g/mol. The van der Waals surface area contributed by atoms with E-state index in [0.29, 0.717) is 24.3 Å². The van der Waals surface area contributed by atoms with Gasteiger partial charge in [-0.25, -0.2) is 0 Å². The standard InChI is InChI=1S/C45H60N2O5/c1-12-20-46(11)32(49)14-13-18-43(8)30-16-15-25-21-28-27-22-26-29-23-41(4,5)52-42(6,7)35(29)38(50)33(26)34-37(27)47(36(24(2)3)39(34)51)40(28)45(25,10)44(30,9)19-17-31(43)48/h13,18,22-23,25,30-31,35-36,38,48,50H,2,12,14-17,19-21H2,1,3-11H3/b18-13+/t25?,30-,31-,35?,36-,38+,43-,44-,45+/m0/s1. The molecule has 280 valence electrons. The van der Waals surface area contributed by atoms with Gasteiger partial charge in [0.25, 0.3) is 0 Å². The fraction of sp³-hybridized carbons (Fsp3) is 0.644. The zero-order valence-corrected chi connectivity index (χ0v) is 33.2. The van der Waals surface area contributed by atoms with Crippen LogP contribution in [0, 0.1) is 28.6 Å². The molecule has 6 aliphatic rings. The molecular formula is C45H60N2O5. The molecule has 0 saturated heterocycles. The van der Waals surface area contributed by atoms with Crippen LogP contribution in [0.2, 0.25) is 0 Å². The zero-order chi connectivity index (χ0) is 37.7. The van der Waals surface area contributed by atoms with Crippen LogP contribution in [-0.2, 0) is 21.4 Å². The molecule has 2 N–H and O–H groups in total. The maximum atomic E-state index is 14.9. The van der Waals surface area contributed by atoms with Crippen LogP contribution in [0.4, 0.5) is 0 Å². The van der Waals surface area contributed by atoms with Crippen LogP contribution in [0.5, 0.6) is 0 Å². The van der Waals surface area contributed by atoms with Gasteiger partial charge in [0.2, 0.25) is 5.91 Å². The SMILES string of the molecule is C=C(C)[C@H]1C(=O)c2c3c(cc4c5c(n1c24)[C@@]1(C)C(CC[C@H]2[C@](C)(/C=C/CC(=O)N(C)CCC)[C@@H](O)CC[C@@]21C)C5)C1=CC(C)(C)OC(C)(C)C1[C@@H]3O. The van der Waals surface area contributed by atoms with E-state index in [-0.39, 0.29) is 34.4 Å². The van der Waals surface area contributed by atoms with Crippen molar-refractivity contribution in [3.8, 4) is 0 Å². The van der Waals surface area contributed by atoms with Crippen LogP contribution in [-0.4, -0.2) is 62.3 Å². The van der Waals surface area contributed by atoms with Crippen molar-refractivity contribution in [1.29, 1.82) is 0 Å². The Bertz CT molecular complexity index is 2000. The molecule has 52 heavy (non-hydrogen) atoms. The Morgan fingerprint density at radius 2 is 1.83 bits per heavy atom. The summed E-state index contributed by atoms with van der Waals surface area (Å²) in [5.74, 6) is 0.463. The predicted octanol–water partition coefficient (Wildman–Crippen LogP) is 8.41. The number of hydrogen-bond acceptors (Lipinski definition) is 5. The van der Waals surface area contributed by atoms with Gasteiger partial charge in [-0.3, -0.25) is 9.59 Å². The van der Waals surface area contributed by atoms with E-state index in [9.17, 15) is 19.8 Å². The number of allylic oxidation sites excluding steroid dienone is 1. The molecule has 8 rings (SSSR count). The molecule has 2 aromatic rings. The second-order valence-electron chi connectivity index (χ2n) is 19.2. The van der Waals surface area contributed by atoms with E-state index in [0.717, 1.165) is 71.8 Å². The molecule has 3 heterocycles. The number of fused-ring (bicyclic) bond motifs is 11. The highest BCUT2D eigenvalue weighted by molar-refractivity contribution is 6.18. The normalized spacial score (nSPS) is 37.8. The summed E-state index contributed by atoms with van der Waals surface area (Å²) in [6, 6.07) is 1.79. The largest absolute Gasteiger partial charge is 0.392 e. The zero-order valence-electron chi connectivity index (χ0n) is 33.2. The number of ketones is 1. The molecule has 0 bridgehead atoms. The van der Waals surface area contributed by atoms with E-state index in [1.807, 2.05) is 20.0 Å². The molecule has 2 aliphatic heterocycles. The number of rotatable bonds is 6. The van der Waals surface area contributed by atoms with Gasteiger partial charge in [-0.15, -0.1) is 0 Å². The van der Waals surface area contributed by atoms with Crippen LogP contribution in [0.3, 0.4) is 0 Å². The van der Waals surface area contributed by atoms with E-state index in [1.54, 1.807) is 4.90 Å². The van der Waals surface area contributed by atoms with Crippen LogP contribution in [0.25, 0.3) is 16.5 Å². The number of Topliss-reactive ketones (excluding diaryl/α,β-unsaturated/α-hetero) is 1. The molecular weight excluding hydrogens is 649 g/mol. The van der Waals surface area contributed by atoms with Crippen molar-refractivity contribution in [2.75, 3.05) is 13.6 Å². The minimum Gasteiger partial charge on any atom is -0.392 e. The van der Waals surface area contributed by atoms with E-state index < -0.39 is 34.9 Å². The molecule has 4 aliphatic carbocycles. The van der Waals surface area contributed by atoms with Gasteiger partial charge < -0.3 is 24.4 Å². The number of carbonyl (C=O) groups excluding carboxylic acids is 2. The number of aromatic nitrogens is 1. The quantitative estimate of drug-likeness (QED) is 0.294. The first-order valence-corrected chi connectivity index (χ1v) is 19.9. The highest BCUT2D eigenvalue weighted by Gasteiger charge is 2.67. The number of benzene rings is 1. The van der Waals surface area contributed by atoms with Gasteiger partial charge in [-0.2, -0.15) is 0 Å². The highest BCUT2D eigenvalue weighted by atomic mass is 16.5. The highest BCUT2D eigenvalue weighted by Crippen LogP contribution is 2.71. The summed E-state index contributed by atoms with van der Waals surface area (Å²) in [6.45, 7) is 24.6. The predicted molar refractivity (Wildman–Crippen MR) is 206 cm³/mol. The molecule has 2 saturated carbocycles. The Labute approximate surface area is 310 Å². The number of aliphatic hydroxyl groups is 2. The number of carbonyl (C=O) groups is 2. The first-order chi connectivity index (χ1) is 24.2. The number of aliphatic hydroxyl groups excluding tert-OH is 2. The lowest BCUT2D eigenvalue weighted by Gasteiger charge is -2.64. The van der Waals surface area contributed by atoms with Crippen molar-refractivity contribution in [3.05, 3.63) is 64.4 Å². The number of nitrogens with zero attached hydrogens (tertiary/aromatic N) is 2. The third-order valence-electron chi connectivity index (χ3n) is 15.4. The van der Waals surface area contributed by atoms with Crippen LogP contribution < -0.4 is 0 Å². The number of ether oxygens (including phenoxy) is 1. The van der Waals surface area contributed by atoms with E-state index >= 15 is 0 Å². The lowest BCUT2D eigenvalue weighted by molar-refractivity contribution is -0.145. The van der Waals surface area contributed by atoms with Gasteiger partial charge in [-0.05, 0) is 119 Å². The van der Waals surface area contributed by atoms with Gasteiger partial charge in [0.15, 0.2) is 5.78 Å². The minimum atomic E-state index is -0.848. The molecule has 1 amide bonds. The lowest BCUT2D eigenvalue weighted by Crippen LogP contribution is -2.62. The summed E-state index contributed by atoms with van der Waals surface area (Å²) in [4.78, 5) is 29.6. The summed E-state index contributed by atoms with van der Waals surface area (Å²) < 4.78 is 8.91. The number of hydrogen-bond donors (Lipinski definition) is 2. The van der Waals surface area contributed by atoms with Gasteiger partial charge >= 0.3 is 0 Å². The Kier molecular flexibility index (Phi) is 7.80. The second-order valence-corrected chi connectivity index (χ2v) is 19.2. The maximum absolute atomic E-state index is 14.9. The van der Waals surface area contributed by atoms with Gasteiger partial charge in [0, 0.05) is 53.4 Å². The average molecular weight is 709 g/mol. The van der Waals surface area contributed by atoms with Crippen molar-refractivity contribution in [2.45, 2.75) is 142 Å². The third-order valence-corrected chi connectivity index (χ3v) is 15.4. The average Bonchev–Trinajstić information content (AvgIpc) is 3.72. The number of amides is 1. The van der Waals surface area contributed by atoms with Gasteiger partial charge in [0.1, 0.15) is 6.04 Å². The molecule has 1 aromatic carbocycles. The first-order valence-electron chi connectivity index (χ1n) is 19.9. The third kappa shape index (κ3) is 4.42. The van der Waals surface area contributed by atoms with Crippen molar-refractivity contribution < 1.29 is 24.5 Å². The smallest absolute Gasteiger partial charge is 0.226 e. The summed E-state index contributed by atoms with van der Waals surface area (Å²) >= 11 is 0.